The van der Waals surface area contributed by atoms with E-state index in [2.05, 4.69) is 194 Å². The molecule has 13 rings (SSSR count). The molecule has 11 aromatic rings. The first-order chi connectivity index (χ1) is 31.4. The Bertz CT molecular complexity index is 3890. The van der Waals surface area contributed by atoms with Crippen LogP contribution in [0.2, 0.25) is 0 Å². The monoisotopic (exact) mass is 894 g/mol. The third-order valence-corrected chi connectivity index (χ3v) is 17.9. The number of para-hydroxylation sites is 1. The van der Waals surface area contributed by atoms with Crippen molar-refractivity contribution in [3.8, 4) is 16.8 Å². The van der Waals surface area contributed by atoms with Crippen LogP contribution < -0.4 is 15.6 Å². The molecule has 0 amide bonds. The molecular weight excluding hydrogens is 840 g/mol. The molecule has 0 fully saturated rings. The van der Waals surface area contributed by atoms with Gasteiger partial charge in [0.05, 0.1) is 16.7 Å². The minimum absolute atomic E-state index is 0.0226. The number of anilines is 2. The van der Waals surface area contributed by atoms with Crippen molar-refractivity contribution in [1.82, 2.24) is 4.57 Å². The second-order valence-corrected chi connectivity index (χ2v) is 25.1. The SMILES string of the molecule is CC(C)(C)c1ccc(Nc2cc3sc4ccccc4c3cc2-c2c3c4c(c5cc(C(C)(C)C)ccc5n4-c4c(sc5cc6c(cc45)C(C)(C)CCC6(C)C)B3)c3c2oc2ccccc23)cc1. The van der Waals surface area contributed by atoms with Crippen LogP contribution in [-0.2, 0) is 21.7 Å². The maximum atomic E-state index is 7.34. The third kappa shape index (κ3) is 5.73. The van der Waals surface area contributed by atoms with Gasteiger partial charge < -0.3 is 14.3 Å². The maximum Gasteiger partial charge on any atom is 0.211 e. The van der Waals surface area contributed by atoms with Crippen LogP contribution >= 0.6 is 22.7 Å². The number of thiophene rings is 2. The molecule has 3 nitrogen and oxygen atoms in total. The Hall–Kier alpha value is -5.82. The van der Waals surface area contributed by atoms with E-state index in [0.29, 0.717) is 0 Å². The predicted octanol–water partition coefficient (Wildman–Crippen LogP) is 16.3. The van der Waals surface area contributed by atoms with Gasteiger partial charge in [-0.1, -0.05) is 124 Å². The highest BCUT2D eigenvalue weighted by atomic mass is 32.1. The zero-order chi connectivity index (χ0) is 45.4. The van der Waals surface area contributed by atoms with Crippen LogP contribution in [0, 0.1) is 0 Å². The minimum atomic E-state index is -0.0226. The molecule has 1 aliphatic carbocycles. The normalized spacial score (nSPS) is 15.7. The van der Waals surface area contributed by atoms with Crippen molar-refractivity contribution < 1.29 is 4.42 Å². The van der Waals surface area contributed by atoms with Crippen LogP contribution in [0.3, 0.4) is 0 Å². The molecule has 0 unspecified atom stereocenters. The second kappa shape index (κ2) is 13.4. The van der Waals surface area contributed by atoms with Gasteiger partial charge in [-0.15, -0.1) is 22.7 Å². The van der Waals surface area contributed by atoms with E-state index in [-0.39, 0.29) is 21.7 Å². The first-order valence-corrected chi connectivity index (χ1v) is 25.5. The fourth-order valence-electron chi connectivity index (χ4n) is 11.7. The molecule has 4 aromatic heterocycles. The Labute approximate surface area is 395 Å². The van der Waals surface area contributed by atoms with Crippen LogP contribution in [0.25, 0.3) is 90.8 Å². The lowest BCUT2D eigenvalue weighted by molar-refractivity contribution is 0.332. The fourth-order valence-corrected chi connectivity index (χ4v) is 14.1. The molecule has 5 heterocycles. The maximum absolute atomic E-state index is 7.34. The summed E-state index contributed by atoms with van der Waals surface area (Å²) < 4.78 is 15.4. The first kappa shape index (κ1) is 40.5. The average molecular weight is 895 g/mol. The number of furan rings is 1. The van der Waals surface area contributed by atoms with Gasteiger partial charge in [-0.25, -0.2) is 0 Å². The van der Waals surface area contributed by atoms with Gasteiger partial charge in [0.15, 0.2) is 0 Å². The van der Waals surface area contributed by atoms with Crippen molar-refractivity contribution in [2.45, 2.75) is 104 Å². The number of hydrogen-bond acceptors (Lipinski definition) is 4. The zero-order valence-corrected chi connectivity index (χ0v) is 41.4. The van der Waals surface area contributed by atoms with E-state index in [0.717, 1.165) is 35.2 Å². The molecule has 0 spiro atoms. The highest BCUT2D eigenvalue weighted by molar-refractivity contribution is 7.29. The molecule has 7 aromatic carbocycles. The summed E-state index contributed by atoms with van der Waals surface area (Å²) in [7, 11) is 0.815. The van der Waals surface area contributed by atoms with Gasteiger partial charge in [0.25, 0.3) is 0 Å². The Morgan fingerprint density at radius 2 is 1.27 bits per heavy atom. The Balaban J connectivity index is 1.20. The van der Waals surface area contributed by atoms with Gasteiger partial charge in [0, 0.05) is 74.3 Å². The van der Waals surface area contributed by atoms with Crippen molar-refractivity contribution in [3.63, 3.8) is 0 Å². The lowest BCUT2D eigenvalue weighted by Gasteiger charge is -2.42. The lowest BCUT2D eigenvalue weighted by atomic mass is 9.62. The molecule has 0 bridgehead atoms. The minimum Gasteiger partial charge on any atom is -0.455 e. The molecule has 6 heteroatoms. The average Bonchev–Trinajstić information content (AvgIpc) is 4.03. The van der Waals surface area contributed by atoms with Crippen LogP contribution in [-0.4, -0.2) is 11.8 Å². The van der Waals surface area contributed by atoms with E-state index in [4.69, 9.17) is 4.42 Å². The van der Waals surface area contributed by atoms with Crippen LogP contribution in [0.4, 0.5) is 11.4 Å². The van der Waals surface area contributed by atoms with E-state index < -0.39 is 0 Å². The Morgan fingerprint density at radius 1 is 0.606 bits per heavy atom. The Morgan fingerprint density at radius 3 is 2.02 bits per heavy atom. The highest BCUT2D eigenvalue weighted by Gasteiger charge is 2.40. The molecular formula is C60H55BN2OS2. The summed E-state index contributed by atoms with van der Waals surface area (Å²) in [5.74, 6) is 0. The van der Waals surface area contributed by atoms with Gasteiger partial charge in [0.2, 0.25) is 7.28 Å². The molecule has 0 saturated carbocycles. The number of nitrogens with zero attached hydrogens (tertiary/aromatic N) is 1. The van der Waals surface area contributed by atoms with E-state index in [1.165, 1.54) is 120 Å². The summed E-state index contributed by atoms with van der Waals surface area (Å²) in [6.45, 7) is 23.7. The zero-order valence-electron chi connectivity index (χ0n) is 39.8. The molecule has 326 valence electrons. The lowest BCUT2D eigenvalue weighted by Crippen LogP contribution is -2.35. The molecule has 0 radical (unpaired) electrons. The van der Waals surface area contributed by atoms with E-state index >= 15 is 0 Å². The topological polar surface area (TPSA) is 30.1 Å². The van der Waals surface area contributed by atoms with Crippen LogP contribution in [0.1, 0.15) is 104 Å². The molecule has 1 aliphatic heterocycles. The van der Waals surface area contributed by atoms with Crippen molar-refractivity contribution >= 4 is 126 Å². The molecule has 66 heavy (non-hydrogen) atoms. The van der Waals surface area contributed by atoms with Crippen molar-refractivity contribution in [3.05, 3.63) is 138 Å². The number of benzene rings is 7. The number of hydrogen-bond donors (Lipinski definition) is 1. The van der Waals surface area contributed by atoms with Gasteiger partial charge in [-0.2, -0.15) is 0 Å². The molecule has 2 aliphatic rings. The van der Waals surface area contributed by atoms with Crippen LogP contribution in [0.5, 0.6) is 0 Å². The number of nitrogens with one attached hydrogen (secondary N) is 1. The van der Waals surface area contributed by atoms with Gasteiger partial charge in [-0.3, -0.25) is 0 Å². The first-order valence-electron chi connectivity index (χ1n) is 23.8. The van der Waals surface area contributed by atoms with Crippen molar-refractivity contribution in [1.29, 1.82) is 0 Å². The summed E-state index contributed by atoms with van der Waals surface area (Å²) in [5, 5.41) is 12.9. The highest BCUT2D eigenvalue weighted by Crippen LogP contribution is 2.52. The van der Waals surface area contributed by atoms with Crippen molar-refractivity contribution in [2.24, 2.45) is 0 Å². The predicted molar refractivity (Wildman–Crippen MR) is 291 cm³/mol. The number of aromatic nitrogens is 1. The van der Waals surface area contributed by atoms with E-state index in [9.17, 15) is 0 Å². The van der Waals surface area contributed by atoms with Crippen molar-refractivity contribution in [2.75, 3.05) is 5.32 Å². The number of fused-ring (bicyclic) bond motifs is 15. The smallest absolute Gasteiger partial charge is 0.211 e. The van der Waals surface area contributed by atoms with E-state index in [1.54, 1.807) is 0 Å². The fraction of sp³-hybridized carbons (Fsp3) is 0.267. The van der Waals surface area contributed by atoms with Gasteiger partial charge in [-0.05, 0) is 128 Å². The number of rotatable bonds is 3. The van der Waals surface area contributed by atoms with Gasteiger partial charge in [0.1, 0.15) is 11.2 Å². The summed E-state index contributed by atoms with van der Waals surface area (Å²) in [6.07, 6.45) is 2.39. The standard InChI is InChI=1S/C60H55BN2OS2/c1-57(2,3)32-19-22-34(23-20-32)62-43-31-48-37(35-15-12-14-18-46(35)65-48)28-38(43)51-52-54-49(50-36-16-11-13-17-45(36)64-55(50)51)39-27-33(58(4,5)6)21-24-44(39)63(54)53-40-29-41-42(30-47(40)66-56(53)61-52)60(9,10)26-25-59(41,7)8/h11-24,27-31,61-62H,25-26H2,1-10H3. The van der Waals surface area contributed by atoms with Crippen LogP contribution in [0.15, 0.2) is 120 Å². The Kier molecular flexibility index (Phi) is 8.23. The van der Waals surface area contributed by atoms with E-state index in [1.807, 2.05) is 22.7 Å². The summed E-state index contributed by atoms with van der Waals surface area (Å²) >= 11 is 3.88. The van der Waals surface area contributed by atoms with Gasteiger partial charge >= 0.3 is 0 Å². The quantitative estimate of drug-likeness (QED) is 0.179. The third-order valence-electron chi connectivity index (χ3n) is 15.6. The molecule has 0 saturated heterocycles. The molecule has 1 N–H and O–H groups in total. The summed E-state index contributed by atoms with van der Waals surface area (Å²) in [6, 6.07) is 44.1. The molecule has 0 atom stereocenters. The summed E-state index contributed by atoms with van der Waals surface area (Å²) in [5.41, 5.74) is 17.6. The largest absolute Gasteiger partial charge is 0.455 e. The summed E-state index contributed by atoms with van der Waals surface area (Å²) in [4.78, 5) is 0. The second-order valence-electron chi connectivity index (χ2n) is 22.9.